The highest BCUT2D eigenvalue weighted by Gasteiger charge is 2.41. The summed E-state index contributed by atoms with van der Waals surface area (Å²) in [7, 11) is 0. The lowest BCUT2D eigenvalue weighted by Crippen LogP contribution is -2.44. The molecule has 2 heterocycles. The first-order chi connectivity index (χ1) is 12.3. The second-order valence-corrected chi connectivity index (χ2v) is 8.62. The SMILES string of the molecule is Clc1cccc(CCN=C2Nc3ccccc3CC23CCSCC3)c1. The molecule has 4 rings (SSSR count). The van der Waals surface area contributed by atoms with E-state index < -0.39 is 0 Å². The Hall–Kier alpha value is -1.45. The summed E-state index contributed by atoms with van der Waals surface area (Å²) in [5.74, 6) is 3.67. The molecule has 0 amide bonds. The van der Waals surface area contributed by atoms with Crippen molar-refractivity contribution in [2.75, 3.05) is 23.4 Å². The normalized spacial score (nSPS) is 20.3. The van der Waals surface area contributed by atoms with Crippen molar-refractivity contribution in [2.45, 2.75) is 25.7 Å². The van der Waals surface area contributed by atoms with Crippen LogP contribution < -0.4 is 5.32 Å². The van der Waals surface area contributed by atoms with E-state index in [0.29, 0.717) is 0 Å². The Labute approximate surface area is 159 Å². The minimum absolute atomic E-state index is 0.202. The van der Waals surface area contributed by atoms with Gasteiger partial charge >= 0.3 is 0 Å². The van der Waals surface area contributed by atoms with Gasteiger partial charge in [-0.3, -0.25) is 4.99 Å². The molecule has 0 radical (unpaired) electrons. The maximum Gasteiger partial charge on any atom is 0.107 e. The van der Waals surface area contributed by atoms with E-state index in [1.54, 1.807) is 0 Å². The molecule has 130 valence electrons. The van der Waals surface area contributed by atoms with Crippen molar-refractivity contribution in [1.82, 2.24) is 0 Å². The third-order valence-electron chi connectivity index (χ3n) is 5.31. The minimum atomic E-state index is 0.202. The van der Waals surface area contributed by atoms with Gasteiger partial charge in [0.05, 0.1) is 0 Å². The van der Waals surface area contributed by atoms with Crippen LogP contribution in [0.25, 0.3) is 0 Å². The van der Waals surface area contributed by atoms with Gasteiger partial charge in [0.25, 0.3) is 0 Å². The van der Waals surface area contributed by atoms with E-state index in [2.05, 4.69) is 47.4 Å². The number of halogens is 1. The van der Waals surface area contributed by atoms with Crippen molar-refractivity contribution >= 4 is 34.9 Å². The van der Waals surface area contributed by atoms with Crippen molar-refractivity contribution < 1.29 is 0 Å². The van der Waals surface area contributed by atoms with Gasteiger partial charge in [0, 0.05) is 22.7 Å². The predicted molar refractivity (Wildman–Crippen MR) is 110 cm³/mol. The lowest BCUT2D eigenvalue weighted by molar-refractivity contribution is 0.377. The molecule has 0 atom stereocenters. The fourth-order valence-electron chi connectivity index (χ4n) is 3.88. The second kappa shape index (κ2) is 7.43. The Morgan fingerprint density at radius 1 is 1.08 bits per heavy atom. The molecule has 0 unspecified atom stereocenters. The summed E-state index contributed by atoms with van der Waals surface area (Å²) in [5.41, 5.74) is 4.12. The van der Waals surface area contributed by atoms with Crippen molar-refractivity contribution in [3.8, 4) is 0 Å². The fourth-order valence-corrected chi connectivity index (χ4v) is 5.36. The van der Waals surface area contributed by atoms with E-state index in [1.807, 2.05) is 18.2 Å². The van der Waals surface area contributed by atoms with Crippen molar-refractivity contribution in [2.24, 2.45) is 10.4 Å². The Morgan fingerprint density at radius 3 is 2.76 bits per heavy atom. The summed E-state index contributed by atoms with van der Waals surface area (Å²) >= 11 is 8.17. The zero-order chi connectivity index (χ0) is 17.1. The molecular formula is C21H23ClN2S. The minimum Gasteiger partial charge on any atom is -0.343 e. The van der Waals surface area contributed by atoms with Gasteiger partial charge in [-0.15, -0.1) is 0 Å². The number of rotatable bonds is 3. The molecule has 25 heavy (non-hydrogen) atoms. The zero-order valence-electron chi connectivity index (χ0n) is 14.3. The number of hydrogen-bond acceptors (Lipinski definition) is 2. The van der Waals surface area contributed by atoms with E-state index >= 15 is 0 Å². The lowest BCUT2D eigenvalue weighted by atomic mass is 9.73. The maximum absolute atomic E-state index is 6.09. The molecule has 0 saturated carbocycles. The number of nitrogens with one attached hydrogen (secondary N) is 1. The van der Waals surface area contributed by atoms with Gasteiger partial charge in [0.1, 0.15) is 5.84 Å². The van der Waals surface area contributed by atoms with E-state index in [9.17, 15) is 0 Å². The van der Waals surface area contributed by atoms with Crippen LogP contribution >= 0.6 is 23.4 Å². The molecule has 2 nitrogen and oxygen atoms in total. The third-order valence-corrected chi connectivity index (χ3v) is 6.53. The van der Waals surface area contributed by atoms with Gasteiger partial charge in [0.15, 0.2) is 0 Å². The average molecular weight is 371 g/mol. The summed E-state index contributed by atoms with van der Waals surface area (Å²) in [6, 6.07) is 16.8. The molecular weight excluding hydrogens is 348 g/mol. The molecule has 2 aromatic rings. The Kier molecular flexibility index (Phi) is 5.05. The number of hydrogen-bond donors (Lipinski definition) is 1. The summed E-state index contributed by atoms with van der Waals surface area (Å²) in [6.45, 7) is 0.805. The number of fused-ring (bicyclic) bond motifs is 1. The number of para-hydroxylation sites is 1. The highest BCUT2D eigenvalue weighted by molar-refractivity contribution is 7.99. The molecule has 2 aliphatic rings. The van der Waals surface area contributed by atoms with Crippen LogP contribution in [0.4, 0.5) is 5.69 Å². The molecule has 4 heteroatoms. The van der Waals surface area contributed by atoms with Gasteiger partial charge in [-0.1, -0.05) is 41.9 Å². The van der Waals surface area contributed by atoms with Crippen LogP contribution in [0.5, 0.6) is 0 Å². The summed E-state index contributed by atoms with van der Waals surface area (Å²) in [5, 5.41) is 4.47. The van der Waals surface area contributed by atoms with E-state index in [1.165, 1.54) is 47.0 Å². The number of anilines is 1. The quantitative estimate of drug-likeness (QED) is 0.775. The van der Waals surface area contributed by atoms with Crippen LogP contribution in [0.1, 0.15) is 24.0 Å². The largest absolute Gasteiger partial charge is 0.343 e. The smallest absolute Gasteiger partial charge is 0.107 e. The molecule has 1 saturated heterocycles. The van der Waals surface area contributed by atoms with Gasteiger partial charge < -0.3 is 5.32 Å². The maximum atomic E-state index is 6.09. The van der Waals surface area contributed by atoms with Crippen LogP contribution in [0, 0.1) is 5.41 Å². The predicted octanol–water partition coefficient (Wildman–Crippen LogP) is 5.46. The third kappa shape index (κ3) is 3.73. The number of amidine groups is 1. The van der Waals surface area contributed by atoms with E-state index in [4.69, 9.17) is 16.6 Å². The highest BCUT2D eigenvalue weighted by Crippen LogP contribution is 2.43. The molecule has 0 aromatic heterocycles. The molecule has 1 fully saturated rings. The number of benzene rings is 2. The summed E-state index contributed by atoms with van der Waals surface area (Å²) in [4.78, 5) is 5.04. The van der Waals surface area contributed by atoms with Gasteiger partial charge in [-0.25, -0.2) is 0 Å². The number of nitrogens with zero attached hydrogens (tertiary/aromatic N) is 1. The van der Waals surface area contributed by atoms with E-state index in [-0.39, 0.29) is 5.41 Å². The van der Waals surface area contributed by atoms with Crippen LogP contribution in [0.3, 0.4) is 0 Å². The lowest BCUT2D eigenvalue weighted by Gasteiger charge is -2.42. The Balaban J connectivity index is 1.56. The van der Waals surface area contributed by atoms with Gasteiger partial charge in [-0.2, -0.15) is 11.8 Å². The standard InChI is InChI=1S/C21H23ClN2S/c22-18-6-3-4-16(14-18)8-11-23-20-21(9-12-25-13-10-21)15-17-5-1-2-7-19(17)24-20/h1-7,14H,8-13,15H2,(H,23,24). The summed E-state index contributed by atoms with van der Waals surface area (Å²) in [6.07, 6.45) is 4.48. The Bertz CT molecular complexity index is 781. The van der Waals surface area contributed by atoms with Crippen LogP contribution in [0.2, 0.25) is 5.02 Å². The topological polar surface area (TPSA) is 24.4 Å². The Morgan fingerprint density at radius 2 is 1.92 bits per heavy atom. The first-order valence-electron chi connectivity index (χ1n) is 8.97. The molecule has 2 aliphatic heterocycles. The van der Waals surface area contributed by atoms with E-state index in [0.717, 1.165) is 24.4 Å². The summed E-state index contributed by atoms with van der Waals surface area (Å²) < 4.78 is 0. The molecule has 1 N–H and O–H groups in total. The van der Waals surface area contributed by atoms with Crippen LogP contribution in [-0.4, -0.2) is 23.9 Å². The zero-order valence-corrected chi connectivity index (χ0v) is 15.9. The van der Waals surface area contributed by atoms with Crippen molar-refractivity contribution in [3.63, 3.8) is 0 Å². The average Bonchev–Trinajstić information content (AvgIpc) is 2.63. The van der Waals surface area contributed by atoms with Crippen LogP contribution in [-0.2, 0) is 12.8 Å². The van der Waals surface area contributed by atoms with Gasteiger partial charge in [0.2, 0.25) is 0 Å². The monoisotopic (exact) mass is 370 g/mol. The molecule has 2 aromatic carbocycles. The molecule has 1 spiro atoms. The second-order valence-electron chi connectivity index (χ2n) is 6.96. The number of aliphatic imine (C=N–C) groups is 1. The van der Waals surface area contributed by atoms with Crippen LogP contribution in [0.15, 0.2) is 53.5 Å². The van der Waals surface area contributed by atoms with Crippen molar-refractivity contribution in [3.05, 3.63) is 64.7 Å². The molecule has 0 aliphatic carbocycles. The van der Waals surface area contributed by atoms with Gasteiger partial charge in [-0.05, 0) is 66.5 Å². The van der Waals surface area contributed by atoms with Crippen molar-refractivity contribution in [1.29, 1.82) is 0 Å². The number of thioether (sulfide) groups is 1. The first kappa shape index (κ1) is 17.0. The highest BCUT2D eigenvalue weighted by atomic mass is 35.5. The first-order valence-corrected chi connectivity index (χ1v) is 10.5. The molecule has 0 bridgehead atoms. The fraction of sp³-hybridized carbons (Fsp3) is 0.381.